The zero-order chi connectivity index (χ0) is 12.7. The van der Waals surface area contributed by atoms with Gasteiger partial charge in [-0.2, -0.15) is 0 Å². The highest BCUT2D eigenvalue weighted by Crippen LogP contribution is 2.10. The van der Waals surface area contributed by atoms with Gasteiger partial charge in [0.1, 0.15) is 18.2 Å². The van der Waals surface area contributed by atoms with Crippen LogP contribution in [0.4, 0.5) is 8.78 Å². The summed E-state index contributed by atoms with van der Waals surface area (Å²) in [4.78, 5) is 11.3. The van der Waals surface area contributed by atoms with E-state index >= 15 is 0 Å². The van der Waals surface area contributed by atoms with E-state index in [9.17, 15) is 13.6 Å². The molecule has 1 rings (SSSR count). The van der Waals surface area contributed by atoms with Gasteiger partial charge < -0.3 is 4.74 Å². The summed E-state index contributed by atoms with van der Waals surface area (Å²) in [6, 6.07) is 3.17. The Balaban J connectivity index is 2.35. The SMILES string of the molecule is CCCCC(=O)COCc1cc(F)ccc1F. The van der Waals surface area contributed by atoms with Crippen LogP contribution in [-0.4, -0.2) is 12.4 Å². The van der Waals surface area contributed by atoms with Gasteiger partial charge in [-0.1, -0.05) is 13.3 Å². The summed E-state index contributed by atoms with van der Waals surface area (Å²) in [5.41, 5.74) is 0.133. The summed E-state index contributed by atoms with van der Waals surface area (Å²) < 4.78 is 31.0. The van der Waals surface area contributed by atoms with Crippen molar-refractivity contribution < 1.29 is 18.3 Å². The maximum atomic E-state index is 13.2. The third kappa shape index (κ3) is 5.04. The fraction of sp³-hybridized carbons (Fsp3) is 0.462. The average Bonchev–Trinajstić information content (AvgIpc) is 2.31. The van der Waals surface area contributed by atoms with Gasteiger partial charge in [-0.3, -0.25) is 4.79 Å². The fourth-order valence-corrected chi connectivity index (χ4v) is 1.37. The molecule has 0 fully saturated rings. The van der Waals surface area contributed by atoms with Gasteiger partial charge in [0, 0.05) is 12.0 Å². The van der Waals surface area contributed by atoms with Crippen molar-refractivity contribution in [2.75, 3.05) is 6.61 Å². The van der Waals surface area contributed by atoms with Crippen LogP contribution >= 0.6 is 0 Å². The Kier molecular flexibility index (Phi) is 5.77. The maximum Gasteiger partial charge on any atom is 0.158 e. The zero-order valence-electron chi connectivity index (χ0n) is 9.84. The third-order valence-corrected chi connectivity index (χ3v) is 2.34. The molecule has 0 aliphatic rings. The predicted molar refractivity (Wildman–Crippen MR) is 60.5 cm³/mol. The second-order valence-corrected chi connectivity index (χ2v) is 3.87. The third-order valence-electron chi connectivity index (χ3n) is 2.34. The van der Waals surface area contributed by atoms with E-state index in [0.717, 1.165) is 31.0 Å². The first-order valence-electron chi connectivity index (χ1n) is 5.67. The van der Waals surface area contributed by atoms with Gasteiger partial charge in [0.05, 0.1) is 6.61 Å². The number of benzene rings is 1. The summed E-state index contributed by atoms with van der Waals surface area (Å²) in [6.07, 6.45) is 2.25. The van der Waals surface area contributed by atoms with Crippen molar-refractivity contribution in [1.29, 1.82) is 0 Å². The lowest BCUT2D eigenvalue weighted by atomic mass is 10.2. The van der Waals surface area contributed by atoms with E-state index in [1.807, 2.05) is 6.92 Å². The van der Waals surface area contributed by atoms with Gasteiger partial charge in [0.25, 0.3) is 0 Å². The molecule has 0 aliphatic carbocycles. The van der Waals surface area contributed by atoms with Crippen LogP contribution in [0.15, 0.2) is 18.2 Å². The molecule has 0 heterocycles. The highest BCUT2D eigenvalue weighted by atomic mass is 19.1. The Labute approximate surface area is 99.6 Å². The maximum absolute atomic E-state index is 13.2. The van der Waals surface area contributed by atoms with Gasteiger partial charge in [0.2, 0.25) is 0 Å². The van der Waals surface area contributed by atoms with Crippen molar-refractivity contribution in [1.82, 2.24) is 0 Å². The first-order valence-corrected chi connectivity index (χ1v) is 5.67. The van der Waals surface area contributed by atoms with E-state index < -0.39 is 11.6 Å². The Morgan fingerprint density at radius 3 is 2.82 bits per heavy atom. The minimum absolute atomic E-state index is 0.0105. The molecule has 4 heteroatoms. The topological polar surface area (TPSA) is 26.3 Å². The molecule has 0 saturated heterocycles. The van der Waals surface area contributed by atoms with E-state index in [2.05, 4.69) is 0 Å². The lowest BCUT2D eigenvalue weighted by molar-refractivity contribution is -0.124. The van der Waals surface area contributed by atoms with E-state index in [4.69, 9.17) is 4.74 Å². The highest BCUT2D eigenvalue weighted by molar-refractivity contribution is 5.79. The smallest absolute Gasteiger partial charge is 0.158 e. The van der Waals surface area contributed by atoms with Crippen LogP contribution in [0.1, 0.15) is 31.7 Å². The normalized spacial score (nSPS) is 10.5. The van der Waals surface area contributed by atoms with E-state index in [1.165, 1.54) is 0 Å². The van der Waals surface area contributed by atoms with Gasteiger partial charge in [0.15, 0.2) is 5.78 Å². The second kappa shape index (κ2) is 7.12. The van der Waals surface area contributed by atoms with Gasteiger partial charge >= 0.3 is 0 Å². The monoisotopic (exact) mass is 242 g/mol. The van der Waals surface area contributed by atoms with Crippen LogP contribution in [0, 0.1) is 11.6 Å². The summed E-state index contributed by atoms with van der Waals surface area (Å²) in [5.74, 6) is -1.04. The molecule has 0 unspecified atom stereocenters. The summed E-state index contributed by atoms with van der Waals surface area (Å²) in [7, 11) is 0. The van der Waals surface area contributed by atoms with Crippen LogP contribution < -0.4 is 0 Å². The van der Waals surface area contributed by atoms with Crippen LogP contribution in [0.5, 0.6) is 0 Å². The standard InChI is InChI=1S/C13H16F2O2/c1-2-3-4-12(16)9-17-8-10-7-11(14)5-6-13(10)15/h5-7H,2-4,8-9H2,1H3. The molecule has 1 aromatic carbocycles. The Morgan fingerprint density at radius 1 is 1.35 bits per heavy atom. The molecule has 2 nitrogen and oxygen atoms in total. The molecule has 0 aliphatic heterocycles. The average molecular weight is 242 g/mol. The summed E-state index contributed by atoms with van der Waals surface area (Å²) in [6.45, 7) is 1.87. The number of hydrogen-bond acceptors (Lipinski definition) is 2. The lowest BCUT2D eigenvalue weighted by Gasteiger charge is -2.05. The number of hydrogen-bond donors (Lipinski definition) is 0. The first kappa shape index (κ1) is 13.8. The lowest BCUT2D eigenvalue weighted by Crippen LogP contribution is -2.09. The number of Topliss-reactive ketones (excluding diaryl/α,β-unsaturated/α-hetero) is 1. The molecule has 0 bridgehead atoms. The Hall–Kier alpha value is -1.29. The number of rotatable bonds is 7. The van der Waals surface area contributed by atoms with Crippen LogP contribution in [-0.2, 0) is 16.1 Å². The molecule has 0 aromatic heterocycles. The molecule has 0 saturated carbocycles. The van der Waals surface area contributed by atoms with Crippen molar-refractivity contribution in [3.05, 3.63) is 35.4 Å². The molecule has 1 aromatic rings. The van der Waals surface area contributed by atoms with Crippen LogP contribution in [0.2, 0.25) is 0 Å². The molecule has 0 amide bonds. The molecule has 17 heavy (non-hydrogen) atoms. The molecular formula is C13H16F2O2. The van der Waals surface area contributed by atoms with Crippen molar-refractivity contribution >= 4 is 5.78 Å². The van der Waals surface area contributed by atoms with Gasteiger partial charge in [-0.05, 0) is 24.6 Å². The van der Waals surface area contributed by atoms with Crippen molar-refractivity contribution in [2.24, 2.45) is 0 Å². The van der Waals surface area contributed by atoms with Crippen LogP contribution in [0.25, 0.3) is 0 Å². The first-order chi connectivity index (χ1) is 8.13. The predicted octanol–water partition coefficient (Wildman–Crippen LogP) is 3.24. The zero-order valence-corrected chi connectivity index (χ0v) is 9.84. The number of halogens is 2. The van der Waals surface area contributed by atoms with E-state index in [-0.39, 0.29) is 24.6 Å². The van der Waals surface area contributed by atoms with E-state index in [0.29, 0.717) is 6.42 Å². The minimum atomic E-state index is -0.521. The molecule has 0 N–H and O–H groups in total. The molecule has 0 atom stereocenters. The second-order valence-electron chi connectivity index (χ2n) is 3.87. The number of ketones is 1. The largest absolute Gasteiger partial charge is 0.369 e. The molecule has 0 radical (unpaired) electrons. The van der Waals surface area contributed by atoms with Crippen molar-refractivity contribution in [2.45, 2.75) is 32.8 Å². The molecule has 0 spiro atoms. The van der Waals surface area contributed by atoms with Gasteiger partial charge in [-0.25, -0.2) is 8.78 Å². The minimum Gasteiger partial charge on any atom is -0.369 e. The van der Waals surface area contributed by atoms with Crippen molar-refractivity contribution in [3.8, 4) is 0 Å². The van der Waals surface area contributed by atoms with Gasteiger partial charge in [-0.15, -0.1) is 0 Å². The Morgan fingerprint density at radius 2 is 2.12 bits per heavy atom. The van der Waals surface area contributed by atoms with Crippen molar-refractivity contribution in [3.63, 3.8) is 0 Å². The van der Waals surface area contributed by atoms with E-state index in [1.54, 1.807) is 0 Å². The quantitative estimate of drug-likeness (QED) is 0.733. The number of carbonyl (C=O) groups excluding carboxylic acids is 1. The van der Waals surface area contributed by atoms with Crippen LogP contribution in [0.3, 0.4) is 0 Å². The summed E-state index contributed by atoms with van der Waals surface area (Å²) in [5, 5.41) is 0. The fourth-order valence-electron chi connectivity index (χ4n) is 1.37. The highest BCUT2D eigenvalue weighted by Gasteiger charge is 2.06. The molecule has 94 valence electrons. The number of carbonyl (C=O) groups is 1. The number of ether oxygens (including phenoxy) is 1. The Bertz CT molecular complexity index is 378. The molecular weight excluding hydrogens is 226 g/mol. The number of unbranched alkanes of at least 4 members (excludes halogenated alkanes) is 1. The summed E-state index contributed by atoms with van der Waals surface area (Å²) >= 11 is 0.